The molecular weight excluding hydrogens is 160 g/mol. The van der Waals surface area contributed by atoms with Crippen molar-refractivity contribution in [3.8, 4) is 0 Å². The molecule has 1 fully saturated rings. The standard InChI is InChI=1S/C7H12N2O3/c1-5-3-9(4-7(11)12)6(10)2-8-5/h5,8H,2-4H2,1H3,(H,11,12)/t5-/m1/s1. The number of nitrogens with one attached hydrogen (secondary N) is 1. The van der Waals surface area contributed by atoms with E-state index in [1.807, 2.05) is 6.92 Å². The number of carbonyl (C=O) groups is 2. The Kier molecular flexibility index (Phi) is 2.65. The molecule has 5 nitrogen and oxygen atoms in total. The third kappa shape index (κ3) is 2.20. The first-order chi connectivity index (χ1) is 5.59. The van der Waals surface area contributed by atoms with Crippen LogP contribution in [0, 0.1) is 0 Å². The summed E-state index contributed by atoms with van der Waals surface area (Å²) >= 11 is 0. The molecule has 1 aliphatic rings. The van der Waals surface area contributed by atoms with E-state index in [1.165, 1.54) is 4.90 Å². The van der Waals surface area contributed by atoms with E-state index < -0.39 is 5.97 Å². The molecule has 68 valence electrons. The fourth-order valence-electron chi connectivity index (χ4n) is 1.19. The molecule has 0 aromatic heterocycles. The van der Waals surface area contributed by atoms with Gasteiger partial charge in [0.05, 0.1) is 6.54 Å². The third-order valence-electron chi connectivity index (χ3n) is 1.77. The van der Waals surface area contributed by atoms with Gasteiger partial charge in [-0.05, 0) is 6.92 Å². The van der Waals surface area contributed by atoms with Crippen molar-refractivity contribution in [2.24, 2.45) is 0 Å². The number of hydrogen-bond acceptors (Lipinski definition) is 3. The quantitative estimate of drug-likeness (QED) is 0.554. The second-order valence-electron chi connectivity index (χ2n) is 2.95. The fourth-order valence-corrected chi connectivity index (χ4v) is 1.19. The van der Waals surface area contributed by atoms with Gasteiger partial charge in [-0.2, -0.15) is 0 Å². The van der Waals surface area contributed by atoms with Gasteiger partial charge in [0.1, 0.15) is 6.54 Å². The van der Waals surface area contributed by atoms with Crippen LogP contribution in [0.4, 0.5) is 0 Å². The predicted octanol–water partition coefficient (Wildman–Crippen LogP) is -1.11. The third-order valence-corrected chi connectivity index (χ3v) is 1.77. The summed E-state index contributed by atoms with van der Waals surface area (Å²) in [5.74, 6) is -1.10. The minimum absolute atomic E-state index is 0.143. The molecule has 12 heavy (non-hydrogen) atoms. The Hall–Kier alpha value is -1.10. The predicted molar refractivity (Wildman–Crippen MR) is 41.7 cm³/mol. The first-order valence-corrected chi connectivity index (χ1v) is 3.82. The van der Waals surface area contributed by atoms with E-state index in [0.717, 1.165) is 0 Å². The molecule has 1 aliphatic heterocycles. The molecule has 0 spiro atoms. The number of amides is 1. The topological polar surface area (TPSA) is 69.6 Å². The van der Waals surface area contributed by atoms with Crippen LogP contribution in [0.2, 0.25) is 0 Å². The van der Waals surface area contributed by atoms with E-state index in [2.05, 4.69) is 5.32 Å². The molecule has 1 saturated heterocycles. The Morgan fingerprint density at radius 2 is 2.50 bits per heavy atom. The number of rotatable bonds is 2. The van der Waals surface area contributed by atoms with Crippen molar-refractivity contribution in [2.75, 3.05) is 19.6 Å². The van der Waals surface area contributed by atoms with Gasteiger partial charge in [0, 0.05) is 12.6 Å². The van der Waals surface area contributed by atoms with E-state index in [1.54, 1.807) is 0 Å². The molecule has 0 radical (unpaired) electrons. The molecule has 1 amide bonds. The van der Waals surface area contributed by atoms with E-state index >= 15 is 0 Å². The number of carbonyl (C=O) groups excluding carboxylic acids is 1. The molecule has 0 bridgehead atoms. The van der Waals surface area contributed by atoms with Crippen molar-refractivity contribution in [1.29, 1.82) is 0 Å². The number of nitrogens with zero attached hydrogens (tertiary/aromatic N) is 1. The number of piperazine rings is 1. The lowest BCUT2D eigenvalue weighted by Crippen LogP contribution is -2.54. The first-order valence-electron chi connectivity index (χ1n) is 3.82. The fraction of sp³-hybridized carbons (Fsp3) is 0.714. The SMILES string of the molecule is C[C@@H]1CN(CC(=O)O)C(=O)CN1. The molecular formula is C7H12N2O3. The summed E-state index contributed by atoms with van der Waals surface area (Å²) in [6.45, 7) is 2.45. The number of aliphatic carboxylic acids is 1. The Bertz CT molecular complexity index is 205. The van der Waals surface area contributed by atoms with Gasteiger partial charge in [0.25, 0.3) is 0 Å². The Labute approximate surface area is 70.4 Å². The number of hydrogen-bond donors (Lipinski definition) is 2. The lowest BCUT2D eigenvalue weighted by molar-refractivity contribution is -0.145. The maximum absolute atomic E-state index is 11.1. The minimum Gasteiger partial charge on any atom is -0.480 e. The van der Waals surface area contributed by atoms with Gasteiger partial charge in [-0.1, -0.05) is 0 Å². The largest absolute Gasteiger partial charge is 0.480 e. The van der Waals surface area contributed by atoms with Gasteiger partial charge in [0.15, 0.2) is 0 Å². The number of carboxylic acids is 1. The zero-order valence-corrected chi connectivity index (χ0v) is 6.91. The molecule has 1 rings (SSSR count). The van der Waals surface area contributed by atoms with E-state index in [4.69, 9.17) is 5.11 Å². The van der Waals surface area contributed by atoms with E-state index in [9.17, 15) is 9.59 Å². The lowest BCUT2D eigenvalue weighted by atomic mass is 10.2. The molecule has 2 N–H and O–H groups in total. The molecule has 0 saturated carbocycles. The van der Waals surface area contributed by atoms with Gasteiger partial charge < -0.3 is 15.3 Å². The highest BCUT2D eigenvalue weighted by Crippen LogP contribution is 1.98. The van der Waals surface area contributed by atoms with Crippen molar-refractivity contribution in [2.45, 2.75) is 13.0 Å². The van der Waals surface area contributed by atoms with Crippen molar-refractivity contribution >= 4 is 11.9 Å². The molecule has 0 aromatic rings. The second kappa shape index (κ2) is 3.53. The minimum atomic E-state index is -0.961. The summed E-state index contributed by atoms with van der Waals surface area (Å²) in [4.78, 5) is 22.7. The maximum atomic E-state index is 11.1. The van der Waals surface area contributed by atoms with E-state index in [-0.39, 0.29) is 25.0 Å². The first kappa shape index (κ1) is 8.99. The van der Waals surface area contributed by atoms with Gasteiger partial charge in [-0.15, -0.1) is 0 Å². The van der Waals surface area contributed by atoms with Crippen molar-refractivity contribution in [1.82, 2.24) is 10.2 Å². The van der Waals surface area contributed by atoms with Crippen molar-refractivity contribution < 1.29 is 14.7 Å². The molecule has 0 aliphatic carbocycles. The summed E-state index contributed by atoms with van der Waals surface area (Å²) < 4.78 is 0. The normalized spacial score (nSPS) is 24.2. The Morgan fingerprint density at radius 3 is 3.08 bits per heavy atom. The number of carboxylic acid groups (broad SMARTS) is 1. The van der Waals surface area contributed by atoms with Crippen LogP contribution < -0.4 is 5.32 Å². The smallest absolute Gasteiger partial charge is 0.323 e. The highest BCUT2D eigenvalue weighted by atomic mass is 16.4. The van der Waals surface area contributed by atoms with Crippen LogP contribution in [0.3, 0.4) is 0 Å². The van der Waals surface area contributed by atoms with Crippen LogP contribution in [0.15, 0.2) is 0 Å². The Morgan fingerprint density at radius 1 is 1.83 bits per heavy atom. The molecule has 1 heterocycles. The summed E-state index contributed by atoms with van der Waals surface area (Å²) in [7, 11) is 0. The van der Waals surface area contributed by atoms with Gasteiger partial charge >= 0.3 is 5.97 Å². The van der Waals surface area contributed by atoms with Crippen molar-refractivity contribution in [3.63, 3.8) is 0 Å². The Balaban J connectivity index is 2.49. The maximum Gasteiger partial charge on any atom is 0.323 e. The summed E-state index contributed by atoms with van der Waals surface area (Å²) in [6.07, 6.45) is 0. The van der Waals surface area contributed by atoms with Crippen LogP contribution in [0.5, 0.6) is 0 Å². The van der Waals surface area contributed by atoms with Crippen LogP contribution in [0.25, 0.3) is 0 Å². The average molecular weight is 172 g/mol. The zero-order valence-electron chi connectivity index (χ0n) is 6.91. The van der Waals surface area contributed by atoms with Crippen LogP contribution in [-0.2, 0) is 9.59 Å². The van der Waals surface area contributed by atoms with Crippen LogP contribution >= 0.6 is 0 Å². The van der Waals surface area contributed by atoms with Gasteiger partial charge in [0.2, 0.25) is 5.91 Å². The average Bonchev–Trinajstić information content (AvgIpc) is 1.96. The molecule has 1 atom stereocenters. The zero-order chi connectivity index (χ0) is 9.14. The monoisotopic (exact) mass is 172 g/mol. The highest BCUT2D eigenvalue weighted by molar-refractivity contribution is 5.83. The molecule has 0 unspecified atom stereocenters. The highest BCUT2D eigenvalue weighted by Gasteiger charge is 2.23. The summed E-state index contributed by atoms with van der Waals surface area (Å²) in [6, 6.07) is 0.182. The second-order valence-corrected chi connectivity index (χ2v) is 2.95. The summed E-state index contributed by atoms with van der Waals surface area (Å²) in [5.41, 5.74) is 0. The summed E-state index contributed by atoms with van der Waals surface area (Å²) in [5, 5.41) is 11.4. The van der Waals surface area contributed by atoms with Crippen LogP contribution in [-0.4, -0.2) is 47.6 Å². The molecule has 0 aromatic carbocycles. The molecule has 5 heteroatoms. The van der Waals surface area contributed by atoms with E-state index in [0.29, 0.717) is 6.54 Å². The van der Waals surface area contributed by atoms with Gasteiger partial charge in [-0.25, -0.2) is 0 Å². The van der Waals surface area contributed by atoms with Crippen molar-refractivity contribution in [3.05, 3.63) is 0 Å². The van der Waals surface area contributed by atoms with Crippen LogP contribution in [0.1, 0.15) is 6.92 Å². The van der Waals surface area contributed by atoms with Gasteiger partial charge in [-0.3, -0.25) is 9.59 Å². The lowest BCUT2D eigenvalue weighted by Gasteiger charge is -2.30.